The van der Waals surface area contributed by atoms with Gasteiger partial charge in [0, 0.05) is 19.4 Å². The molecule has 1 heterocycles. The summed E-state index contributed by atoms with van der Waals surface area (Å²) in [5, 5.41) is 8.52. The van der Waals surface area contributed by atoms with Crippen LogP contribution in [0.2, 0.25) is 0 Å². The van der Waals surface area contributed by atoms with Crippen molar-refractivity contribution in [3.05, 3.63) is 35.4 Å². The monoisotopic (exact) mass is 290 g/mol. The van der Waals surface area contributed by atoms with Crippen LogP contribution in [0.1, 0.15) is 49.8 Å². The van der Waals surface area contributed by atoms with Crippen LogP contribution >= 0.6 is 0 Å². The first-order valence-corrected chi connectivity index (χ1v) is 7.47. The molecule has 2 N–H and O–H groups in total. The van der Waals surface area contributed by atoms with Crippen LogP contribution in [0.15, 0.2) is 24.3 Å². The number of hydroxylamine groups is 1. The third-order valence-electron chi connectivity index (χ3n) is 3.98. The quantitative estimate of drug-likeness (QED) is 0.645. The summed E-state index contributed by atoms with van der Waals surface area (Å²) in [5.41, 5.74) is 3.83. The fourth-order valence-corrected chi connectivity index (χ4v) is 2.88. The van der Waals surface area contributed by atoms with Gasteiger partial charge in [0.1, 0.15) is 0 Å². The molecule has 1 saturated heterocycles. The fourth-order valence-electron chi connectivity index (χ4n) is 2.88. The molecule has 0 radical (unpaired) electrons. The molecule has 1 aliphatic rings. The summed E-state index contributed by atoms with van der Waals surface area (Å²) < 4.78 is 0. The van der Waals surface area contributed by atoms with Crippen molar-refractivity contribution in [2.24, 2.45) is 0 Å². The topological polar surface area (TPSA) is 69.6 Å². The molecule has 1 atom stereocenters. The van der Waals surface area contributed by atoms with Crippen molar-refractivity contribution in [1.29, 1.82) is 0 Å². The van der Waals surface area contributed by atoms with Gasteiger partial charge in [-0.1, -0.05) is 31.2 Å². The van der Waals surface area contributed by atoms with Crippen LogP contribution < -0.4 is 5.48 Å². The van der Waals surface area contributed by atoms with Crippen molar-refractivity contribution in [2.75, 3.05) is 6.54 Å². The third kappa shape index (κ3) is 3.82. The minimum atomic E-state index is -0.385. The molecule has 0 bridgehead atoms. The van der Waals surface area contributed by atoms with Gasteiger partial charge in [-0.05, 0) is 30.4 Å². The predicted octanol–water partition coefficient (Wildman–Crippen LogP) is 2.20. The molecule has 0 saturated carbocycles. The van der Waals surface area contributed by atoms with E-state index in [9.17, 15) is 9.59 Å². The van der Waals surface area contributed by atoms with Gasteiger partial charge in [0.25, 0.3) is 0 Å². The van der Waals surface area contributed by atoms with Gasteiger partial charge in [0.05, 0.1) is 6.04 Å². The number of carbonyl (C=O) groups is 2. The summed E-state index contributed by atoms with van der Waals surface area (Å²) in [6.07, 6.45) is 3.39. The Hall–Kier alpha value is -1.88. The average molecular weight is 290 g/mol. The molecule has 0 aromatic heterocycles. The molecular formula is C16H22N2O3. The Kier molecular flexibility index (Phi) is 5.33. The zero-order valence-electron chi connectivity index (χ0n) is 12.3. The number of hydrogen-bond acceptors (Lipinski definition) is 3. The highest BCUT2D eigenvalue weighted by Gasteiger charge is 2.28. The molecule has 5 heteroatoms. The number of nitrogens with zero attached hydrogens (tertiary/aromatic N) is 1. The van der Waals surface area contributed by atoms with Crippen molar-refractivity contribution >= 4 is 11.8 Å². The van der Waals surface area contributed by atoms with Gasteiger partial charge < -0.3 is 4.90 Å². The van der Waals surface area contributed by atoms with Crippen LogP contribution in [0, 0.1) is 0 Å². The smallest absolute Gasteiger partial charge is 0.243 e. The number of amides is 2. The number of aryl methyl sites for hydroxylation is 1. The van der Waals surface area contributed by atoms with Gasteiger partial charge >= 0.3 is 0 Å². The van der Waals surface area contributed by atoms with E-state index in [1.165, 1.54) is 0 Å². The minimum Gasteiger partial charge on any atom is -0.336 e. The molecule has 0 aliphatic carbocycles. The summed E-state index contributed by atoms with van der Waals surface area (Å²) in [6, 6.07) is 8.20. The molecule has 1 aliphatic heterocycles. The molecule has 1 aromatic carbocycles. The molecule has 2 rings (SSSR count). The van der Waals surface area contributed by atoms with Crippen molar-refractivity contribution < 1.29 is 14.8 Å². The minimum absolute atomic E-state index is 0.157. The van der Waals surface area contributed by atoms with Crippen LogP contribution in [0.5, 0.6) is 0 Å². The summed E-state index contributed by atoms with van der Waals surface area (Å²) in [7, 11) is 0. The maximum absolute atomic E-state index is 12.0. The van der Waals surface area contributed by atoms with E-state index in [0.717, 1.165) is 30.5 Å². The molecule has 114 valence electrons. The van der Waals surface area contributed by atoms with Gasteiger partial charge in [0.2, 0.25) is 11.8 Å². The first-order valence-electron chi connectivity index (χ1n) is 7.47. The lowest BCUT2D eigenvalue weighted by Gasteiger charge is -2.25. The lowest BCUT2D eigenvalue weighted by molar-refractivity contribution is -0.131. The van der Waals surface area contributed by atoms with E-state index >= 15 is 0 Å². The SMILES string of the molecule is CCC(=O)N1CCCC1c1cccc(CCC(=O)NO)c1. The summed E-state index contributed by atoms with van der Waals surface area (Å²) in [4.78, 5) is 25.0. The summed E-state index contributed by atoms with van der Waals surface area (Å²) in [6.45, 7) is 2.72. The Labute approximate surface area is 124 Å². The molecule has 5 nitrogen and oxygen atoms in total. The second-order valence-corrected chi connectivity index (χ2v) is 5.38. The Morgan fingerprint density at radius 3 is 2.95 bits per heavy atom. The number of hydrogen-bond donors (Lipinski definition) is 2. The zero-order valence-corrected chi connectivity index (χ0v) is 12.3. The van der Waals surface area contributed by atoms with E-state index < -0.39 is 0 Å². The number of likely N-dealkylation sites (tertiary alicyclic amines) is 1. The van der Waals surface area contributed by atoms with Crippen molar-refractivity contribution in [1.82, 2.24) is 10.4 Å². The zero-order chi connectivity index (χ0) is 15.2. The number of nitrogens with one attached hydrogen (secondary N) is 1. The molecule has 0 spiro atoms. The molecule has 2 amide bonds. The van der Waals surface area contributed by atoms with Crippen LogP contribution in [-0.4, -0.2) is 28.5 Å². The van der Waals surface area contributed by atoms with Gasteiger partial charge in [0.15, 0.2) is 0 Å². The van der Waals surface area contributed by atoms with Crippen LogP contribution in [0.25, 0.3) is 0 Å². The Balaban J connectivity index is 2.09. The van der Waals surface area contributed by atoms with Crippen LogP contribution in [-0.2, 0) is 16.0 Å². The largest absolute Gasteiger partial charge is 0.336 e. The maximum atomic E-state index is 12.0. The Morgan fingerprint density at radius 2 is 2.24 bits per heavy atom. The summed E-state index contributed by atoms with van der Waals surface area (Å²) >= 11 is 0. The lowest BCUT2D eigenvalue weighted by atomic mass is 9.99. The lowest BCUT2D eigenvalue weighted by Crippen LogP contribution is -2.29. The highest BCUT2D eigenvalue weighted by atomic mass is 16.5. The van der Waals surface area contributed by atoms with E-state index in [-0.39, 0.29) is 24.3 Å². The van der Waals surface area contributed by atoms with Crippen LogP contribution in [0.3, 0.4) is 0 Å². The van der Waals surface area contributed by atoms with Crippen LogP contribution in [0.4, 0.5) is 0 Å². The third-order valence-corrected chi connectivity index (χ3v) is 3.98. The first-order chi connectivity index (χ1) is 10.2. The molecule has 1 unspecified atom stereocenters. The van der Waals surface area contributed by atoms with Gasteiger partial charge in [-0.2, -0.15) is 0 Å². The van der Waals surface area contributed by atoms with Crippen molar-refractivity contribution in [3.63, 3.8) is 0 Å². The highest BCUT2D eigenvalue weighted by Crippen LogP contribution is 2.32. The Morgan fingerprint density at radius 1 is 1.43 bits per heavy atom. The van der Waals surface area contributed by atoms with Gasteiger partial charge in [-0.3, -0.25) is 14.8 Å². The van der Waals surface area contributed by atoms with E-state index in [1.807, 2.05) is 30.0 Å². The fraction of sp³-hybridized carbons (Fsp3) is 0.500. The highest BCUT2D eigenvalue weighted by molar-refractivity contribution is 5.76. The normalized spacial score (nSPS) is 17.8. The van der Waals surface area contributed by atoms with Crippen molar-refractivity contribution in [2.45, 2.75) is 45.1 Å². The average Bonchev–Trinajstić information content (AvgIpc) is 3.01. The van der Waals surface area contributed by atoms with Crippen molar-refractivity contribution in [3.8, 4) is 0 Å². The number of benzene rings is 1. The second-order valence-electron chi connectivity index (χ2n) is 5.38. The number of carbonyl (C=O) groups excluding carboxylic acids is 2. The molecule has 1 aromatic rings. The molecule has 21 heavy (non-hydrogen) atoms. The van der Waals surface area contributed by atoms with E-state index in [0.29, 0.717) is 12.8 Å². The summed E-state index contributed by atoms with van der Waals surface area (Å²) in [5.74, 6) is -0.188. The Bertz CT molecular complexity index is 516. The van der Waals surface area contributed by atoms with Gasteiger partial charge in [-0.15, -0.1) is 0 Å². The molecular weight excluding hydrogens is 268 g/mol. The second kappa shape index (κ2) is 7.22. The predicted molar refractivity (Wildman–Crippen MR) is 78.7 cm³/mol. The number of rotatable bonds is 5. The van der Waals surface area contributed by atoms with E-state index in [4.69, 9.17) is 5.21 Å². The van der Waals surface area contributed by atoms with Gasteiger partial charge in [-0.25, -0.2) is 5.48 Å². The first kappa shape index (κ1) is 15.5. The van der Waals surface area contributed by atoms with E-state index in [2.05, 4.69) is 6.07 Å². The molecule has 1 fully saturated rings. The standard InChI is InChI=1S/C16H22N2O3/c1-2-16(20)18-10-4-7-14(18)13-6-3-5-12(11-13)8-9-15(19)17-21/h3,5-6,11,14,21H,2,4,7-10H2,1H3,(H,17,19). The van der Waals surface area contributed by atoms with E-state index in [1.54, 1.807) is 5.48 Å². The maximum Gasteiger partial charge on any atom is 0.243 e.